The van der Waals surface area contributed by atoms with Crippen molar-refractivity contribution in [2.75, 3.05) is 0 Å². The zero-order chi connectivity index (χ0) is 10.3. The summed E-state index contributed by atoms with van der Waals surface area (Å²) in [7, 11) is 0. The lowest BCUT2D eigenvalue weighted by Crippen LogP contribution is -1.83. The molecule has 3 aromatic rings. The zero-order valence-corrected chi connectivity index (χ0v) is 8.01. The second kappa shape index (κ2) is 2.95. The third-order valence-corrected chi connectivity index (χ3v) is 2.53. The largest absolute Gasteiger partial charge is 0.245 e. The summed E-state index contributed by atoms with van der Waals surface area (Å²) in [5, 5.41) is 2.06. The number of fused-ring (bicyclic) bond motifs is 2. The van der Waals surface area contributed by atoms with Crippen LogP contribution in [0, 0.1) is 0 Å². The standard InChI is InChI=1S/C13H8N2/c14-11-6-3-5-10-8-9-4-1-2-7-12(9)15-13(10)11/h1-8H. The van der Waals surface area contributed by atoms with E-state index >= 15 is 0 Å². The minimum absolute atomic E-state index is 0.234. The second-order valence-electron chi connectivity index (χ2n) is 3.53. The van der Waals surface area contributed by atoms with Crippen LogP contribution in [0.1, 0.15) is 0 Å². The number of aromatic nitrogens is 1. The molecule has 2 aromatic carbocycles. The number of para-hydroxylation sites is 2. The Kier molecular flexibility index (Phi) is 1.62. The molecule has 0 amide bonds. The van der Waals surface area contributed by atoms with Crippen molar-refractivity contribution >= 4 is 27.5 Å². The SMILES string of the molecule is [N]c1cccc2cc3ccccc3nc12. The number of pyridine rings is 1. The third kappa shape index (κ3) is 1.22. The molecule has 2 heteroatoms. The molecule has 2 nitrogen and oxygen atoms in total. The zero-order valence-electron chi connectivity index (χ0n) is 8.01. The second-order valence-corrected chi connectivity index (χ2v) is 3.53. The van der Waals surface area contributed by atoms with Crippen LogP contribution in [0.2, 0.25) is 0 Å². The van der Waals surface area contributed by atoms with Crippen molar-refractivity contribution in [1.29, 1.82) is 0 Å². The molecular weight excluding hydrogens is 184 g/mol. The van der Waals surface area contributed by atoms with Crippen LogP contribution >= 0.6 is 0 Å². The number of nitrogens with zero attached hydrogens (tertiary/aromatic N) is 2. The maximum Gasteiger partial charge on any atom is 0.112 e. The van der Waals surface area contributed by atoms with Crippen LogP contribution in [0.3, 0.4) is 0 Å². The molecule has 0 fully saturated rings. The Morgan fingerprint density at radius 3 is 2.60 bits per heavy atom. The Labute approximate surface area is 87.4 Å². The van der Waals surface area contributed by atoms with Gasteiger partial charge in [0.05, 0.1) is 11.0 Å². The lowest BCUT2D eigenvalue weighted by molar-refractivity contribution is 1.44. The van der Waals surface area contributed by atoms with Crippen LogP contribution in [-0.4, -0.2) is 4.98 Å². The van der Waals surface area contributed by atoms with Gasteiger partial charge in [-0.25, -0.2) is 4.98 Å². The third-order valence-electron chi connectivity index (χ3n) is 2.53. The van der Waals surface area contributed by atoms with Crippen molar-refractivity contribution < 1.29 is 0 Å². The van der Waals surface area contributed by atoms with Gasteiger partial charge in [0.1, 0.15) is 5.69 Å². The Hall–Kier alpha value is -2.09. The van der Waals surface area contributed by atoms with E-state index in [4.69, 9.17) is 0 Å². The van der Waals surface area contributed by atoms with E-state index in [-0.39, 0.29) is 5.69 Å². The predicted octanol–water partition coefficient (Wildman–Crippen LogP) is 3.09. The Morgan fingerprint density at radius 2 is 1.67 bits per heavy atom. The molecule has 0 N–H and O–H groups in total. The summed E-state index contributed by atoms with van der Waals surface area (Å²) in [5.41, 5.74) is 11.5. The van der Waals surface area contributed by atoms with E-state index in [0.717, 1.165) is 16.3 Å². The maximum atomic E-state index is 9.67. The minimum Gasteiger partial charge on any atom is -0.245 e. The quantitative estimate of drug-likeness (QED) is 0.504. The molecule has 15 heavy (non-hydrogen) atoms. The summed E-state index contributed by atoms with van der Waals surface area (Å²) in [4.78, 5) is 4.43. The summed E-state index contributed by atoms with van der Waals surface area (Å²) >= 11 is 0. The summed E-state index contributed by atoms with van der Waals surface area (Å²) in [6.07, 6.45) is 0. The molecule has 0 saturated carbocycles. The van der Waals surface area contributed by atoms with Gasteiger partial charge in [0.2, 0.25) is 0 Å². The van der Waals surface area contributed by atoms with Crippen LogP contribution in [0.5, 0.6) is 0 Å². The molecule has 0 unspecified atom stereocenters. The maximum absolute atomic E-state index is 9.67. The van der Waals surface area contributed by atoms with Crippen molar-refractivity contribution in [2.45, 2.75) is 0 Å². The molecule has 0 bridgehead atoms. The first kappa shape index (κ1) is 8.24. The Balaban J connectivity index is 2.53. The van der Waals surface area contributed by atoms with Crippen molar-refractivity contribution in [3.05, 3.63) is 48.5 Å². The predicted molar refractivity (Wildman–Crippen MR) is 61.0 cm³/mol. The lowest BCUT2D eigenvalue weighted by atomic mass is 10.1. The smallest absolute Gasteiger partial charge is 0.112 e. The van der Waals surface area contributed by atoms with E-state index in [2.05, 4.69) is 4.98 Å². The van der Waals surface area contributed by atoms with Crippen LogP contribution in [0.4, 0.5) is 5.69 Å². The van der Waals surface area contributed by atoms with Gasteiger partial charge >= 0.3 is 0 Å². The van der Waals surface area contributed by atoms with Gasteiger partial charge in [0.25, 0.3) is 0 Å². The lowest BCUT2D eigenvalue weighted by Gasteiger charge is -2.01. The topological polar surface area (TPSA) is 35.2 Å². The van der Waals surface area contributed by atoms with E-state index < -0.39 is 0 Å². The average Bonchev–Trinajstić information content (AvgIpc) is 2.27. The van der Waals surface area contributed by atoms with Crippen molar-refractivity contribution in [3.63, 3.8) is 0 Å². The molecule has 1 heterocycles. The van der Waals surface area contributed by atoms with E-state index in [1.807, 2.05) is 42.5 Å². The van der Waals surface area contributed by atoms with Crippen molar-refractivity contribution in [1.82, 2.24) is 10.7 Å². The van der Waals surface area contributed by atoms with Gasteiger partial charge in [0.15, 0.2) is 0 Å². The van der Waals surface area contributed by atoms with Crippen LogP contribution < -0.4 is 5.73 Å². The van der Waals surface area contributed by atoms with Gasteiger partial charge in [-0.3, -0.25) is 0 Å². The number of hydrogen-bond acceptors (Lipinski definition) is 1. The molecule has 3 rings (SSSR count). The van der Waals surface area contributed by atoms with Crippen LogP contribution in [-0.2, 0) is 0 Å². The fourth-order valence-electron chi connectivity index (χ4n) is 1.79. The normalized spacial score (nSPS) is 10.9. The molecule has 0 aliphatic heterocycles. The fourth-order valence-corrected chi connectivity index (χ4v) is 1.79. The average molecular weight is 192 g/mol. The van der Waals surface area contributed by atoms with Gasteiger partial charge in [0, 0.05) is 10.8 Å². The van der Waals surface area contributed by atoms with E-state index in [1.54, 1.807) is 6.07 Å². The van der Waals surface area contributed by atoms with Gasteiger partial charge in [-0.2, -0.15) is 0 Å². The number of hydrogen-bond donors (Lipinski definition) is 0. The Bertz CT molecular complexity index is 644. The first-order valence-electron chi connectivity index (χ1n) is 4.82. The molecule has 1 aromatic heterocycles. The first-order chi connectivity index (χ1) is 7.34. The molecular formula is C13H8N2. The van der Waals surface area contributed by atoms with Crippen LogP contribution in [0.15, 0.2) is 48.5 Å². The molecule has 0 aliphatic carbocycles. The minimum atomic E-state index is 0.234. The molecule has 0 saturated heterocycles. The molecule has 0 atom stereocenters. The van der Waals surface area contributed by atoms with Gasteiger partial charge in [-0.05, 0) is 18.2 Å². The van der Waals surface area contributed by atoms with E-state index in [1.165, 1.54) is 0 Å². The highest BCUT2D eigenvalue weighted by atomic mass is 14.7. The highest BCUT2D eigenvalue weighted by molar-refractivity contribution is 5.97. The summed E-state index contributed by atoms with van der Waals surface area (Å²) in [6, 6.07) is 15.4. The highest BCUT2D eigenvalue weighted by Gasteiger charge is 2.02. The molecule has 0 aliphatic rings. The summed E-state index contributed by atoms with van der Waals surface area (Å²) < 4.78 is 0. The monoisotopic (exact) mass is 192 g/mol. The highest BCUT2D eigenvalue weighted by Crippen LogP contribution is 2.23. The van der Waals surface area contributed by atoms with E-state index in [9.17, 15) is 5.73 Å². The van der Waals surface area contributed by atoms with Gasteiger partial charge in [-0.1, -0.05) is 30.3 Å². The van der Waals surface area contributed by atoms with Crippen molar-refractivity contribution in [2.24, 2.45) is 0 Å². The first-order valence-corrected chi connectivity index (χ1v) is 4.82. The van der Waals surface area contributed by atoms with Crippen LogP contribution in [0.25, 0.3) is 21.8 Å². The molecule has 2 radical (unpaired) electrons. The fraction of sp³-hybridized carbons (Fsp3) is 0. The molecule has 0 spiro atoms. The Morgan fingerprint density at radius 1 is 0.867 bits per heavy atom. The van der Waals surface area contributed by atoms with Gasteiger partial charge in [-0.15, -0.1) is 5.73 Å². The van der Waals surface area contributed by atoms with Crippen molar-refractivity contribution in [3.8, 4) is 0 Å². The summed E-state index contributed by atoms with van der Waals surface area (Å²) in [6.45, 7) is 0. The molecule has 70 valence electrons. The summed E-state index contributed by atoms with van der Waals surface area (Å²) in [5.74, 6) is 0. The van der Waals surface area contributed by atoms with E-state index in [0.29, 0.717) is 5.52 Å². The van der Waals surface area contributed by atoms with Gasteiger partial charge < -0.3 is 0 Å². The number of benzene rings is 2. The number of rotatable bonds is 0.